The lowest BCUT2D eigenvalue weighted by Crippen LogP contribution is -2.60. The number of imide groups is 1. The summed E-state index contributed by atoms with van der Waals surface area (Å²) in [5.74, 6) is -3.77. The Morgan fingerprint density at radius 2 is 1.72 bits per heavy atom. The highest BCUT2D eigenvalue weighted by Gasteiger charge is 2.39. The van der Waals surface area contributed by atoms with Crippen molar-refractivity contribution >= 4 is 72.7 Å². The molecule has 7 aromatic rings. The lowest BCUT2D eigenvalue weighted by Gasteiger charge is -2.44. The smallest absolute Gasteiger partial charge is 0.293 e. The lowest BCUT2D eigenvalue weighted by molar-refractivity contribution is -0.134. The molecule has 0 spiro atoms. The molecule has 15 nitrogen and oxygen atoms in total. The largest absolute Gasteiger partial charge is 0.487 e. The second-order valence-corrected chi connectivity index (χ2v) is 19.9. The van der Waals surface area contributed by atoms with Gasteiger partial charge in [-0.3, -0.25) is 44.3 Å². The normalized spacial score (nSPS) is 18.9. The third-order valence-corrected chi connectivity index (χ3v) is 14.8. The van der Waals surface area contributed by atoms with Gasteiger partial charge in [0.05, 0.1) is 46.1 Å². The van der Waals surface area contributed by atoms with Gasteiger partial charge in [0, 0.05) is 74.4 Å². The van der Waals surface area contributed by atoms with Gasteiger partial charge >= 0.3 is 0 Å². The molecule has 71 heavy (non-hydrogen) atoms. The number of hydrogen-bond donors (Lipinski definition) is 3. The summed E-state index contributed by atoms with van der Waals surface area (Å²) in [4.78, 5) is 66.9. The van der Waals surface area contributed by atoms with Crippen molar-refractivity contribution in [2.45, 2.75) is 70.5 Å². The van der Waals surface area contributed by atoms with Crippen molar-refractivity contribution in [2.75, 3.05) is 54.9 Å². The molecule has 1 unspecified atom stereocenters. The molecule has 0 bridgehead atoms. The number of ether oxygens (including phenoxy) is 1. The van der Waals surface area contributed by atoms with Crippen LogP contribution in [0.15, 0.2) is 97.2 Å². The number of fused-ring (bicyclic) bond motifs is 3. The number of piperazine rings is 1. The molecule has 6 heterocycles. The Labute approximate surface area is 413 Å². The highest BCUT2D eigenvalue weighted by atomic mass is 32.1. The SMILES string of the molecule is Cc1c(OCC(F)(F)CN2C[C@@H](C)N(CC(=O)Nc3cccc4c(C5CCC(=O)NC5=O)nn(C)c34)[C@@H](C)C2)cccc1-c1ccc(N2CCc3cccc(C(=O)Nc4nc5ccccc5s4)c3C2)nc1. The fourth-order valence-electron chi connectivity index (χ4n) is 10.4. The van der Waals surface area contributed by atoms with E-state index in [4.69, 9.17) is 9.72 Å². The molecule has 18 heteroatoms. The van der Waals surface area contributed by atoms with Gasteiger partial charge in [-0.15, -0.1) is 0 Å². The lowest BCUT2D eigenvalue weighted by atomic mass is 9.92. The van der Waals surface area contributed by atoms with Gasteiger partial charge in [-0.25, -0.2) is 18.7 Å². The third kappa shape index (κ3) is 9.96. The number of thiazole rings is 1. The Hall–Kier alpha value is -7.15. The molecule has 2 fully saturated rings. The van der Waals surface area contributed by atoms with Crippen LogP contribution in [0, 0.1) is 6.92 Å². The summed E-state index contributed by atoms with van der Waals surface area (Å²) >= 11 is 1.44. The zero-order valence-corrected chi connectivity index (χ0v) is 40.7. The molecule has 0 saturated carbocycles. The van der Waals surface area contributed by atoms with E-state index in [1.54, 1.807) is 47.1 Å². The van der Waals surface area contributed by atoms with Crippen molar-refractivity contribution < 1.29 is 32.7 Å². The van der Waals surface area contributed by atoms with Crippen LogP contribution in [0.3, 0.4) is 0 Å². The number of hydrogen-bond acceptors (Lipinski definition) is 12. The van der Waals surface area contributed by atoms with Crippen molar-refractivity contribution in [2.24, 2.45) is 7.05 Å². The van der Waals surface area contributed by atoms with Crippen LogP contribution in [0.1, 0.15) is 65.3 Å². The van der Waals surface area contributed by atoms with E-state index in [0.29, 0.717) is 64.8 Å². The van der Waals surface area contributed by atoms with Crippen LogP contribution < -0.4 is 25.6 Å². The van der Waals surface area contributed by atoms with Gasteiger partial charge in [-0.1, -0.05) is 59.9 Å². The van der Waals surface area contributed by atoms with Gasteiger partial charge in [0.2, 0.25) is 17.7 Å². The topological polar surface area (TPSA) is 167 Å². The average Bonchev–Trinajstić information content (AvgIpc) is 3.92. The van der Waals surface area contributed by atoms with Gasteiger partial charge in [-0.2, -0.15) is 5.10 Å². The Morgan fingerprint density at radius 1 is 0.930 bits per heavy atom. The minimum Gasteiger partial charge on any atom is -0.487 e. The summed E-state index contributed by atoms with van der Waals surface area (Å²) in [6.45, 7) is 6.39. The molecule has 3 aliphatic rings. The van der Waals surface area contributed by atoms with Crippen molar-refractivity contribution in [3.05, 3.63) is 125 Å². The summed E-state index contributed by atoms with van der Waals surface area (Å²) in [7, 11) is 1.75. The number of amides is 4. The Bertz CT molecular complexity index is 3150. The van der Waals surface area contributed by atoms with Crippen molar-refractivity contribution in [3.8, 4) is 16.9 Å². The molecule has 3 atom stereocenters. The summed E-state index contributed by atoms with van der Waals surface area (Å²) in [6.07, 6.45) is 3.12. The molecular weight excluding hydrogens is 927 g/mol. The number of rotatable bonds is 13. The second-order valence-electron chi connectivity index (χ2n) is 18.9. The zero-order valence-electron chi connectivity index (χ0n) is 39.9. The van der Waals surface area contributed by atoms with Crippen LogP contribution >= 0.6 is 11.3 Å². The number of anilines is 3. The van der Waals surface area contributed by atoms with E-state index in [-0.39, 0.29) is 48.7 Å². The van der Waals surface area contributed by atoms with Crippen LogP contribution in [-0.4, -0.2) is 111 Å². The molecule has 3 aromatic heterocycles. The highest BCUT2D eigenvalue weighted by Crippen LogP contribution is 2.36. The fourth-order valence-corrected chi connectivity index (χ4v) is 11.3. The number of piperidine rings is 1. The first-order chi connectivity index (χ1) is 34.2. The van der Waals surface area contributed by atoms with E-state index in [2.05, 4.69) is 37.0 Å². The number of pyridine rings is 1. The van der Waals surface area contributed by atoms with Gasteiger partial charge in [0.1, 0.15) is 11.6 Å². The molecule has 4 aromatic carbocycles. The number of carbonyl (C=O) groups excluding carboxylic acids is 4. The number of nitrogens with one attached hydrogen (secondary N) is 3. The molecule has 0 radical (unpaired) electrons. The Kier molecular flexibility index (Phi) is 13.1. The van der Waals surface area contributed by atoms with Crippen LogP contribution in [0.5, 0.6) is 5.75 Å². The quantitative estimate of drug-likeness (QED) is 0.0961. The Balaban J connectivity index is 0.730. The standard InChI is InChI=1S/C53H54F2N10O5S/c1-31-25-63(26-32(2)65(31)28-47(67)57-42-15-8-13-38-48(61-62(4)49(38)42)39-19-21-46(66)59-51(39)69)29-53(54,55)30-70-43-16-9-11-36(33(43)3)35-18-20-45(56-24-35)64-23-22-34-10-7-12-37(40(34)27-64)50(68)60-52-58-41-14-5-6-17-44(41)71-52/h5-18,20,24,31-32,39H,19,21-23,25-30H2,1-4H3,(H,57,67)(H,58,60,68)(H,59,66,69)/t31-,32+,39?. The summed E-state index contributed by atoms with van der Waals surface area (Å²) in [5, 5.41) is 14.3. The highest BCUT2D eigenvalue weighted by molar-refractivity contribution is 7.22. The van der Waals surface area contributed by atoms with E-state index in [0.717, 1.165) is 56.8 Å². The van der Waals surface area contributed by atoms with Crippen molar-refractivity contribution in [1.82, 2.24) is 34.9 Å². The maximum Gasteiger partial charge on any atom is 0.293 e. The number of halogens is 2. The molecule has 366 valence electrons. The molecule has 4 amide bonds. The fraction of sp³-hybridized carbons (Fsp3) is 0.340. The first kappa shape index (κ1) is 47.5. The molecule has 3 aliphatic heterocycles. The van der Waals surface area contributed by atoms with Gasteiger partial charge in [0.25, 0.3) is 11.8 Å². The maximum atomic E-state index is 15.8. The van der Waals surface area contributed by atoms with Gasteiger partial charge < -0.3 is 15.0 Å². The van der Waals surface area contributed by atoms with E-state index < -0.39 is 25.0 Å². The molecule has 0 aliphatic carbocycles. The third-order valence-electron chi connectivity index (χ3n) is 13.8. The minimum atomic E-state index is -3.16. The average molecular weight is 981 g/mol. The van der Waals surface area contributed by atoms with E-state index in [1.807, 2.05) is 86.3 Å². The number of aromatic nitrogens is 4. The number of aryl methyl sites for hydroxylation is 1. The predicted octanol–water partition coefficient (Wildman–Crippen LogP) is 7.94. The van der Waals surface area contributed by atoms with Gasteiger partial charge in [0.15, 0.2) is 11.7 Å². The van der Waals surface area contributed by atoms with Gasteiger partial charge in [-0.05, 0) is 98.3 Å². The van der Waals surface area contributed by atoms with E-state index in [1.165, 1.54) is 11.3 Å². The predicted molar refractivity (Wildman–Crippen MR) is 270 cm³/mol. The number of nitrogens with zero attached hydrogens (tertiary/aromatic N) is 7. The monoisotopic (exact) mass is 980 g/mol. The van der Waals surface area contributed by atoms with Crippen LogP contribution in [0.25, 0.3) is 32.2 Å². The van der Waals surface area contributed by atoms with E-state index in [9.17, 15) is 19.2 Å². The van der Waals surface area contributed by atoms with E-state index >= 15 is 8.78 Å². The first-order valence-corrected chi connectivity index (χ1v) is 24.7. The number of para-hydroxylation sites is 2. The molecule has 2 saturated heterocycles. The molecular formula is C53H54F2N10O5S. The maximum absolute atomic E-state index is 15.8. The molecule has 10 rings (SSSR count). The van der Waals surface area contributed by atoms with Crippen LogP contribution in [0.4, 0.5) is 25.4 Å². The Morgan fingerprint density at radius 3 is 2.49 bits per heavy atom. The molecule has 3 N–H and O–H groups in total. The second kappa shape index (κ2) is 19.6. The van der Waals surface area contributed by atoms with Crippen LogP contribution in [0.2, 0.25) is 0 Å². The summed E-state index contributed by atoms with van der Waals surface area (Å²) in [6, 6.07) is 28.0. The number of carbonyl (C=O) groups is 4. The number of alkyl halides is 2. The first-order valence-electron chi connectivity index (χ1n) is 23.8. The van der Waals surface area contributed by atoms with Crippen molar-refractivity contribution in [3.63, 3.8) is 0 Å². The zero-order chi connectivity index (χ0) is 49.6. The van der Waals surface area contributed by atoms with Crippen molar-refractivity contribution in [1.29, 1.82) is 0 Å². The summed E-state index contributed by atoms with van der Waals surface area (Å²) in [5.41, 5.74) is 7.63. The van der Waals surface area contributed by atoms with Crippen LogP contribution in [-0.2, 0) is 34.4 Å². The number of benzene rings is 4. The minimum absolute atomic E-state index is 0.0541. The summed E-state index contributed by atoms with van der Waals surface area (Å²) < 4.78 is 40.0.